The number of carbonyl (C=O) groups is 2. The summed E-state index contributed by atoms with van der Waals surface area (Å²) in [7, 11) is -2.66. The summed E-state index contributed by atoms with van der Waals surface area (Å²) in [6.07, 6.45) is 2.26. The highest BCUT2D eigenvalue weighted by molar-refractivity contribution is 7.92. The Bertz CT molecular complexity index is 722. The normalized spacial score (nSPS) is 16.9. The van der Waals surface area contributed by atoms with Gasteiger partial charge in [-0.3, -0.25) is 13.8 Å². The average Bonchev–Trinajstić information content (AvgIpc) is 2.78. The molecule has 0 aromatic heterocycles. The Balaban J connectivity index is 2.35. The summed E-state index contributed by atoms with van der Waals surface area (Å²) in [5.74, 6) is -0.992. The maximum Gasteiger partial charge on any atom is 0.330 e. The summed E-state index contributed by atoms with van der Waals surface area (Å²) in [5.41, 5.74) is 0.228. The third-order valence-corrected chi connectivity index (χ3v) is 3.47. The number of rotatable bonds is 4. The van der Waals surface area contributed by atoms with Crippen LogP contribution in [-0.2, 0) is 28.7 Å². The Kier molecular flexibility index (Phi) is 3.71. The second kappa shape index (κ2) is 5.30. The number of amides is 2. The van der Waals surface area contributed by atoms with Crippen molar-refractivity contribution in [1.82, 2.24) is 0 Å². The van der Waals surface area contributed by atoms with Gasteiger partial charge in [0, 0.05) is 18.2 Å². The number of anilines is 1. The summed E-state index contributed by atoms with van der Waals surface area (Å²) in [6.45, 7) is 0. The zero-order valence-corrected chi connectivity index (χ0v) is 11.1. The van der Waals surface area contributed by atoms with E-state index in [0.29, 0.717) is 0 Å². The van der Waals surface area contributed by atoms with Crippen LogP contribution < -0.4 is 9.08 Å². The average molecular weight is 295 g/mol. The minimum atomic E-state index is -3.69. The van der Waals surface area contributed by atoms with E-state index in [1.807, 2.05) is 0 Å². The lowest BCUT2D eigenvalue weighted by Crippen LogP contribution is -2.29. The van der Waals surface area contributed by atoms with Crippen molar-refractivity contribution in [2.75, 3.05) is 12.0 Å². The van der Waals surface area contributed by atoms with Gasteiger partial charge in [0.25, 0.3) is 17.0 Å². The van der Waals surface area contributed by atoms with Crippen molar-refractivity contribution >= 4 is 32.8 Å². The van der Waals surface area contributed by atoms with Crippen LogP contribution in [0.5, 0.6) is 5.75 Å². The molecule has 1 aromatic rings. The fourth-order valence-corrected chi connectivity index (χ4v) is 2.07. The van der Waals surface area contributed by atoms with Crippen LogP contribution in [0.4, 0.5) is 5.69 Å². The highest BCUT2D eigenvalue weighted by Crippen LogP contribution is 2.24. The molecule has 0 spiro atoms. The summed E-state index contributed by atoms with van der Waals surface area (Å²) in [6, 6.07) is 5.66. The Morgan fingerprint density at radius 3 is 2.40 bits per heavy atom. The number of hydrogen-bond donors (Lipinski definition) is 0. The van der Waals surface area contributed by atoms with Crippen LogP contribution in [-0.4, -0.2) is 28.4 Å². The van der Waals surface area contributed by atoms with Crippen LogP contribution in [0.1, 0.15) is 0 Å². The van der Waals surface area contributed by atoms with Gasteiger partial charge in [-0.05, 0) is 12.1 Å². The monoisotopic (exact) mass is 295 g/mol. The Labute approximate surface area is 114 Å². The van der Waals surface area contributed by atoms with Gasteiger partial charge in [-0.15, -0.1) is 0 Å². The molecular formula is C12H9NO6S. The first-order valence-corrected chi connectivity index (χ1v) is 6.74. The molecule has 0 bridgehead atoms. The molecule has 0 aliphatic carbocycles. The zero-order valence-electron chi connectivity index (χ0n) is 10.3. The molecule has 7 nitrogen and oxygen atoms in total. The standard InChI is InChI=1S/C12H9NO6S/c1-18-20(17,8-14)19-10-4-2-3-9(7-10)13-11(15)5-6-12(13)16/h2-7H,1H3. The SMILES string of the molecule is COS(=O)(=C=O)Oc1cccc(N2C(=O)C=CC2=O)c1. The van der Waals surface area contributed by atoms with Crippen LogP contribution in [0.25, 0.3) is 0 Å². The van der Waals surface area contributed by atoms with Gasteiger partial charge in [0.2, 0.25) is 0 Å². The predicted octanol–water partition coefficient (Wildman–Crippen LogP) is 0.323. The van der Waals surface area contributed by atoms with Gasteiger partial charge in [0.1, 0.15) is 5.75 Å². The molecule has 8 heteroatoms. The maximum atomic E-state index is 11.6. The van der Waals surface area contributed by atoms with Gasteiger partial charge in [-0.1, -0.05) is 6.07 Å². The molecule has 1 aromatic carbocycles. The van der Waals surface area contributed by atoms with Crippen molar-refractivity contribution in [3.63, 3.8) is 0 Å². The van der Waals surface area contributed by atoms with Gasteiger partial charge in [0.05, 0.1) is 12.8 Å². The Morgan fingerprint density at radius 2 is 1.85 bits per heavy atom. The van der Waals surface area contributed by atoms with E-state index in [1.54, 1.807) is 0 Å². The van der Waals surface area contributed by atoms with Crippen molar-refractivity contribution < 1.29 is 27.0 Å². The summed E-state index contributed by atoms with van der Waals surface area (Å²) in [5, 5.41) is 1.16. The minimum absolute atomic E-state index is 0.00481. The van der Waals surface area contributed by atoms with Crippen LogP contribution in [0.15, 0.2) is 36.4 Å². The van der Waals surface area contributed by atoms with E-state index in [-0.39, 0.29) is 11.4 Å². The molecule has 1 aliphatic heterocycles. The zero-order chi connectivity index (χ0) is 14.8. The van der Waals surface area contributed by atoms with Crippen molar-refractivity contribution in [1.29, 1.82) is 0 Å². The van der Waals surface area contributed by atoms with Gasteiger partial charge in [0.15, 0.2) is 0 Å². The molecule has 0 saturated carbocycles. The summed E-state index contributed by atoms with van der Waals surface area (Å²) >= 11 is 0. The van der Waals surface area contributed by atoms with E-state index in [4.69, 9.17) is 4.18 Å². The lowest BCUT2D eigenvalue weighted by Gasteiger charge is -2.15. The number of hydrogen-bond acceptors (Lipinski definition) is 6. The van der Waals surface area contributed by atoms with Crippen LogP contribution in [0.3, 0.4) is 0 Å². The first kappa shape index (κ1) is 14.0. The smallest absolute Gasteiger partial charge is 0.330 e. The van der Waals surface area contributed by atoms with Crippen LogP contribution in [0.2, 0.25) is 0 Å². The van der Waals surface area contributed by atoms with Gasteiger partial charge < -0.3 is 4.18 Å². The van der Waals surface area contributed by atoms with Crippen molar-refractivity contribution in [2.24, 2.45) is 0 Å². The highest BCUT2D eigenvalue weighted by Gasteiger charge is 2.25. The lowest BCUT2D eigenvalue weighted by atomic mass is 10.3. The maximum absolute atomic E-state index is 11.6. The summed E-state index contributed by atoms with van der Waals surface area (Å²) in [4.78, 5) is 34.5. The van der Waals surface area contributed by atoms with E-state index >= 15 is 0 Å². The van der Waals surface area contributed by atoms with E-state index in [0.717, 1.165) is 29.4 Å². The molecule has 2 rings (SSSR count). The largest absolute Gasteiger partial charge is 0.382 e. The Hall–Kier alpha value is -2.41. The van der Waals surface area contributed by atoms with E-state index < -0.39 is 21.9 Å². The first-order valence-electron chi connectivity index (χ1n) is 5.33. The molecule has 0 saturated heterocycles. The third-order valence-electron chi connectivity index (χ3n) is 2.41. The van der Waals surface area contributed by atoms with Gasteiger partial charge in [-0.2, -0.15) is 4.21 Å². The molecule has 1 atom stereocenters. The van der Waals surface area contributed by atoms with Gasteiger partial charge in [-0.25, -0.2) is 9.69 Å². The molecule has 1 unspecified atom stereocenters. The predicted molar refractivity (Wildman–Crippen MR) is 69.5 cm³/mol. The quantitative estimate of drug-likeness (QED) is 0.587. The van der Waals surface area contributed by atoms with E-state index in [2.05, 4.69) is 4.18 Å². The number of benzene rings is 1. The second-order valence-electron chi connectivity index (χ2n) is 3.63. The summed E-state index contributed by atoms with van der Waals surface area (Å²) < 4.78 is 20.9. The lowest BCUT2D eigenvalue weighted by molar-refractivity contribution is -0.119. The topological polar surface area (TPSA) is 90.0 Å². The van der Waals surface area contributed by atoms with Crippen LogP contribution in [0, 0.1) is 0 Å². The molecule has 0 radical (unpaired) electrons. The Morgan fingerprint density at radius 1 is 1.20 bits per heavy atom. The molecule has 0 fully saturated rings. The number of imide groups is 1. The molecule has 1 aliphatic rings. The van der Waals surface area contributed by atoms with Crippen molar-refractivity contribution in [3.05, 3.63) is 36.4 Å². The van der Waals surface area contributed by atoms with Crippen molar-refractivity contribution in [2.45, 2.75) is 0 Å². The number of carbonyl (C=O) groups excluding carboxylic acids is 3. The fraction of sp³-hybridized carbons (Fsp3) is 0.0833. The van der Waals surface area contributed by atoms with E-state index in [1.165, 1.54) is 24.3 Å². The first-order chi connectivity index (χ1) is 9.49. The van der Waals surface area contributed by atoms with E-state index in [9.17, 15) is 18.6 Å². The van der Waals surface area contributed by atoms with Crippen LogP contribution >= 0.6 is 0 Å². The molecule has 2 amide bonds. The highest BCUT2D eigenvalue weighted by atomic mass is 32.2. The second-order valence-corrected chi connectivity index (χ2v) is 5.20. The fourth-order valence-electron chi connectivity index (χ4n) is 1.54. The van der Waals surface area contributed by atoms with Gasteiger partial charge >= 0.3 is 10.1 Å². The third kappa shape index (κ3) is 2.62. The number of nitrogens with zero attached hydrogens (tertiary/aromatic N) is 1. The molecule has 1 heterocycles. The molecule has 20 heavy (non-hydrogen) atoms. The van der Waals surface area contributed by atoms with Crippen molar-refractivity contribution in [3.8, 4) is 5.75 Å². The molecular weight excluding hydrogens is 286 g/mol. The molecule has 104 valence electrons. The molecule has 0 N–H and O–H groups in total. The minimum Gasteiger partial charge on any atom is -0.382 e.